The molecule has 3 aromatic rings. The normalized spacial score (nSPS) is 10.4. The number of ether oxygens (including phenoxy) is 1. The summed E-state index contributed by atoms with van der Waals surface area (Å²) in [6.45, 7) is 2.21. The van der Waals surface area contributed by atoms with Gasteiger partial charge in [0.1, 0.15) is 17.6 Å². The number of rotatable bonds is 8. The maximum Gasteiger partial charge on any atom is 0.343 e. The molecule has 0 aromatic heterocycles. The van der Waals surface area contributed by atoms with Crippen molar-refractivity contribution >= 4 is 5.97 Å². The van der Waals surface area contributed by atoms with E-state index < -0.39 is 11.8 Å². The standard InChI is InChI=1S/C26H24FNO2/c1-2-3-4-5-6-19-7-9-20(10-8-19)21-11-13-22(14-12-21)26(29)30-24-16-15-23(18-28)25(27)17-24/h7-17H,2-6H2,1H3. The third-order valence-electron chi connectivity index (χ3n) is 5.00. The Bertz CT molecular complexity index is 1030. The second-order valence-electron chi connectivity index (χ2n) is 7.23. The van der Waals surface area contributed by atoms with Gasteiger partial charge in [0.15, 0.2) is 0 Å². The largest absolute Gasteiger partial charge is 0.423 e. The predicted molar refractivity (Wildman–Crippen MR) is 116 cm³/mol. The number of hydrogen-bond donors (Lipinski definition) is 0. The van der Waals surface area contributed by atoms with Crippen molar-refractivity contribution in [2.75, 3.05) is 0 Å². The third kappa shape index (κ3) is 5.55. The van der Waals surface area contributed by atoms with Gasteiger partial charge in [-0.25, -0.2) is 9.18 Å². The van der Waals surface area contributed by atoms with E-state index in [2.05, 4.69) is 31.2 Å². The quantitative estimate of drug-likeness (QED) is 0.239. The first-order chi connectivity index (χ1) is 14.6. The van der Waals surface area contributed by atoms with E-state index in [1.54, 1.807) is 18.2 Å². The summed E-state index contributed by atoms with van der Waals surface area (Å²) in [6.07, 6.45) is 6.11. The lowest BCUT2D eigenvalue weighted by Crippen LogP contribution is -2.08. The third-order valence-corrected chi connectivity index (χ3v) is 5.00. The van der Waals surface area contributed by atoms with Crippen LogP contribution in [0.4, 0.5) is 4.39 Å². The molecule has 0 bridgehead atoms. The van der Waals surface area contributed by atoms with Crippen LogP contribution in [0.15, 0.2) is 66.7 Å². The summed E-state index contributed by atoms with van der Waals surface area (Å²) < 4.78 is 18.9. The summed E-state index contributed by atoms with van der Waals surface area (Å²) in [5.74, 6) is -1.23. The van der Waals surface area contributed by atoms with E-state index >= 15 is 0 Å². The second-order valence-corrected chi connectivity index (χ2v) is 7.23. The highest BCUT2D eigenvalue weighted by Crippen LogP contribution is 2.22. The number of unbranched alkanes of at least 4 members (excludes halogenated alkanes) is 3. The van der Waals surface area contributed by atoms with Gasteiger partial charge in [0, 0.05) is 6.07 Å². The van der Waals surface area contributed by atoms with Gasteiger partial charge in [0.2, 0.25) is 0 Å². The predicted octanol–water partition coefficient (Wildman–Crippen LogP) is 6.71. The molecular weight excluding hydrogens is 377 g/mol. The highest BCUT2D eigenvalue weighted by atomic mass is 19.1. The van der Waals surface area contributed by atoms with Crippen molar-refractivity contribution < 1.29 is 13.9 Å². The van der Waals surface area contributed by atoms with Crippen molar-refractivity contribution in [3.63, 3.8) is 0 Å². The minimum atomic E-state index is -0.716. The lowest BCUT2D eigenvalue weighted by atomic mass is 10.0. The zero-order valence-electron chi connectivity index (χ0n) is 17.0. The molecule has 3 aromatic carbocycles. The molecule has 3 nitrogen and oxygen atoms in total. The molecule has 30 heavy (non-hydrogen) atoms. The molecule has 0 atom stereocenters. The van der Waals surface area contributed by atoms with Gasteiger partial charge in [0.25, 0.3) is 0 Å². The van der Waals surface area contributed by atoms with Gasteiger partial charge in [-0.1, -0.05) is 62.6 Å². The monoisotopic (exact) mass is 401 g/mol. The average molecular weight is 401 g/mol. The van der Waals surface area contributed by atoms with Crippen LogP contribution in [0, 0.1) is 17.1 Å². The molecule has 3 rings (SSSR count). The van der Waals surface area contributed by atoms with Gasteiger partial charge >= 0.3 is 5.97 Å². The van der Waals surface area contributed by atoms with Crippen molar-refractivity contribution in [1.82, 2.24) is 0 Å². The number of nitrogens with zero attached hydrogens (tertiary/aromatic N) is 1. The van der Waals surface area contributed by atoms with E-state index in [1.807, 2.05) is 12.1 Å². The molecule has 0 amide bonds. The Hall–Kier alpha value is -3.45. The Labute approximate surface area is 176 Å². The molecule has 0 radical (unpaired) electrons. The molecule has 0 saturated heterocycles. The summed E-state index contributed by atoms with van der Waals surface area (Å²) in [4.78, 5) is 12.3. The Morgan fingerprint density at radius 2 is 1.60 bits per heavy atom. The van der Waals surface area contributed by atoms with E-state index in [0.29, 0.717) is 5.56 Å². The minimum Gasteiger partial charge on any atom is -0.423 e. The van der Waals surface area contributed by atoms with Crippen LogP contribution >= 0.6 is 0 Å². The van der Waals surface area contributed by atoms with Gasteiger partial charge in [0.05, 0.1) is 11.1 Å². The first-order valence-electron chi connectivity index (χ1n) is 10.2. The maximum atomic E-state index is 13.7. The summed E-state index contributed by atoms with van der Waals surface area (Å²) in [5.41, 5.74) is 3.71. The van der Waals surface area contributed by atoms with Crippen LogP contribution in [0.3, 0.4) is 0 Å². The van der Waals surface area contributed by atoms with Crippen molar-refractivity contribution in [3.8, 4) is 22.9 Å². The topological polar surface area (TPSA) is 50.1 Å². The van der Waals surface area contributed by atoms with Crippen LogP contribution in [0.5, 0.6) is 5.75 Å². The fraction of sp³-hybridized carbons (Fsp3) is 0.231. The average Bonchev–Trinajstić information content (AvgIpc) is 2.77. The molecular formula is C26H24FNO2. The van der Waals surface area contributed by atoms with Gasteiger partial charge in [-0.3, -0.25) is 0 Å². The first kappa shape index (κ1) is 21.3. The van der Waals surface area contributed by atoms with E-state index in [4.69, 9.17) is 10.00 Å². The highest BCUT2D eigenvalue weighted by molar-refractivity contribution is 5.91. The molecule has 4 heteroatoms. The number of carbonyl (C=O) groups is 1. The molecule has 0 heterocycles. The molecule has 152 valence electrons. The van der Waals surface area contributed by atoms with E-state index in [1.165, 1.54) is 43.4 Å². The fourth-order valence-electron chi connectivity index (χ4n) is 3.23. The molecule has 0 aliphatic carbocycles. The van der Waals surface area contributed by atoms with Crippen molar-refractivity contribution in [3.05, 3.63) is 89.2 Å². The van der Waals surface area contributed by atoms with Crippen LogP contribution in [0.1, 0.15) is 54.1 Å². The first-order valence-corrected chi connectivity index (χ1v) is 10.2. The Morgan fingerprint density at radius 3 is 2.20 bits per heavy atom. The second kappa shape index (κ2) is 10.4. The van der Waals surface area contributed by atoms with Crippen LogP contribution in [0.25, 0.3) is 11.1 Å². The number of aryl methyl sites for hydroxylation is 1. The lowest BCUT2D eigenvalue weighted by Gasteiger charge is -2.07. The van der Waals surface area contributed by atoms with E-state index in [-0.39, 0.29) is 11.3 Å². The Balaban J connectivity index is 1.62. The number of benzene rings is 3. The number of hydrogen-bond acceptors (Lipinski definition) is 3. The highest BCUT2D eigenvalue weighted by Gasteiger charge is 2.11. The summed E-state index contributed by atoms with van der Waals surface area (Å²) in [7, 11) is 0. The molecule has 0 fully saturated rings. The Kier molecular flexibility index (Phi) is 7.34. The fourth-order valence-corrected chi connectivity index (χ4v) is 3.23. The molecule has 0 saturated carbocycles. The molecule has 0 N–H and O–H groups in total. The summed E-state index contributed by atoms with van der Waals surface area (Å²) >= 11 is 0. The van der Waals surface area contributed by atoms with Crippen molar-refractivity contribution in [2.45, 2.75) is 39.0 Å². The zero-order valence-corrected chi connectivity index (χ0v) is 17.0. The van der Waals surface area contributed by atoms with Crippen molar-refractivity contribution in [1.29, 1.82) is 5.26 Å². The molecule has 0 unspecified atom stereocenters. The van der Waals surface area contributed by atoms with Crippen molar-refractivity contribution in [2.24, 2.45) is 0 Å². The smallest absolute Gasteiger partial charge is 0.343 e. The summed E-state index contributed by atoms with van der Waals surface area (Å²) in [6, 6.07) is 21.1. The lowest BCUT2D eigenvalue weighted by molar-refractivity contribution is 0.0734. The SMILES string of the molecule is CCCCCCc1ccc(-c2ccc(C(=O)Oc3ccc(C#N)c(F)c3)cc2)cc1. The molecule has 0 spiro atoms. The van der Waals surface area contributed by atoms with Crippen LogP contribution in [-0.4, -0.2) is 5.97 Å². The number of halogens is 1. The van der Waals surface area contributed by atoms with Crippen LogP contribution in [0.2, 0.25) is 0 Å². The van der Waals surface area contributed by atoms with Gasteiger partial charge in [-0.2, -0.15) is 5.26 Å². The number of carbonyl (C=O) groups excluding carboxylic acids is 1. The summed E-state index contributed by atoms with van der Waals surface area (Å²) in [5, 5.41) is 8.76. The minimum absolute atomic E-state index is 0.0649. The molecule has 0 aliphatic heterocycles. The van der Waals surface area contributed by atoms with Gasteiger partial charge in [-0.15, -0.1) is 0 Å². The van der Waals surface area contributed by atoms with E-state index in [9.17, 15) is 9.18 Å². The van der Waals surface area contributed by atoms with Gasteiger partial charge < -0.3 is 4.74 Å². The molecule has 0 aliphatic rings. The number of esters is 1. The Morgan fingerprint density at radius 1 is 0.933 bits per heavy atom. The number of nitriles is 1. The van der Waals surface area contributed by atoms with Crippen LogP contribution < -0.4 is 4.74 Å². The van der Waals surface area contributed by atoms with E-state index in [0.717, 1.165) is 23.6 Å². The zero-order chi connectivity index (χ0) is 21.3. The van der Waals surface area contributed by atoms with Crippen LogP contribution in [-0.2, 0) is 6.42 Å². The maximum absolute atomic E-state index is 13.7. The van der Waals surface area contributed by atoms with Gasteiger partial charge in [-0.05, 0) is 53.8 Å².